The second kappa shape index (κ2) is 7.59. The summed E-state index contributed by atoms with van der Waals surface area (Å²) in [5.74, 6) is 2.41. The fourth-order valence-corrected chi connectivity index (χ4v) is 4.06. The van der Waals surface area contributed by atoms with Crippen LogP contribution in [0.5, 0.6) is 0 Å². The number of imidazole rings is 1. The van der Waals surface area contributed by atoms with Crippen LogP contribution in [0, 0.1) is 6.92 Å². The molecule has 0 bridgehead atoms. The Morgan fingerprint density at radius 2 is 2.22 bits per heavy atom. The van der Waals surface area contributed by atoms with E-state index in [1.165, 1.54) is 6.42 Å². The van der Waals surface area contributed by atoms with Crippen LogP contribution in [0.4, 0.5) is 0 Å². The zero-order chi connectivity index (χ0) is 18.8. The predicted molar refractivity (Wildman–Crippen MR) is 106 cm³/mol. The highest BCUT2D eigenvalue weighted by atomic mass is 16.3. The molecule has 4 rings (SSSR count). The Morgan fingerprint density at radius 3 is 3.07 bits per heavy atom. The van der Waals surface area contributed by atoms with E-state index < -0.39 is 0 Å². The number of furan rings is 1. The number of fused-ring (bicyclic) bond motifs is 1. The minimum absolute atomic E-state index is 0.104. The van der Waals surface area contributed by atoms with Crippen molar-refractivity contribution in [3.8, 4) is 0 Å². The second-order valence-corrected chi connectivity index (χ2v) is 7.53. The van der Waals surface area contributed by atoms with E-state index in [1.54, 1.807) is 0 Å². The third kappa shape index (κ3) is 3.64. The van der Waals surface area contributed by atoms with Crippen molar-refractivity contribution in [2.45, 2.75) is 52.0 Å². The Kier molecular flexibility index (Phi) is 5.01. The Bertz CT molecular complexity index is 940. The number of rotatable bonds is 5. The molecule has 1 aliphatic rings. The average Bonchev–Trinajstić information content (AvgIpc) is 3.30. The number of likely N-dealkylation sites (tertiary alicyclic amines) is 1. The van der Waals surface area contributed by atoms with E-state index in [2.05, 4.69) is 22.7 Å². The van der Waals surface area contributed by atoms with Crippen LogP contribution in [0.25, 0.3) is 11.0 Å². The first-order valence-corrected chi connectivity index (χ1v) is 9.96. The lowest BCUT2D eigenvalue weighted by Gasteiger charge is -2.32. The Hall–Kier alpha value is -2.56. The van der Waals surface area contributed by atoms with Crippen LogP contribution in [-0.4, -0.2) is 33.4 Å². The summed E-state index contributed by atoms with van der Waals surface area (Å²) in [6.07, 6.45) is 8.39. The van der Waals surface area contributed by atoms with E-state index >= 15 is 0 Å². The smallest absolute Gasteiger partial charge is 0.253 e. The number of amides is 1. The van der Waals surface area contributed by atoms with Gasteiger partial charge in [-0.2, -0.15) is 0 Å². The Labute approximate surface area is 160 Å². The van der Waals surface area contributed by atoms with Gasteiger partial charge in [-0.3, -0.25) is 4.79 Å². The molecule has 142 valence electrons. The molecule has 5 heteroatoms. The summed E-state index contributed by atoms with van der Waals surface area (Å²) < 4.78 is 7.89. The van der Waals surface area contributed by atoms with Gasteiger partial charge in [-0.05, 0) is 50.5 Å². The van der Waals surface area contributed by atoms with Crippen LogP contribution in [0.15, 0.2) is 41.1 Å². The Morgan fingerprint density at radius 1 is 1.33 bits per heavy atom. The monoisotopic (exact) mass is 365 g/mol. The zero-order valence-corrected chi connectivity index (χ0v) is 16.1. The minimum Gasteiger partial charge on any atom is -0.461 e. The van der Waals surface area contributed by atoms with Gasteiger partial charge in [0.05, 0.1) is 0 Å². The van der Waals surface area contributed by atoms with Gasteiger partial charge in [0.2, 0.25) is 0 Å². The molecule has 1 fully saturated rings. The van der Waals surface area contributed by atoms with Crippen molar-refractivity contribution in [3.63, 3.8) is 0 Å². The second-order valence-electron chi connectivity index (χ2n) is 7.53. The molecule has 0 spiro atoms. The molecule has 27 heavy (non-hydrogen) atoms. The molecule has 0 N–H and O–H groups in total. The topological polar surface area (TPSA) is 51.3 Å². The van der Waals surface area contributed by atoms with Crippen molar-refractivity contribution in [2.24, 2.45) is 0 Å². The van der Waals surface area contributed by atoms with Gasteiger partial charge < -0.3 is 13.9 Å². The van der Waals surface area contributed by atoms with Gasteiger partial charge in [0.25, 0.3) is 5.91 Å². The third-order valence-corrected chi connectivity index (χ3v) is 5.46. The average molecular weight is 365 g/mol. The summed E-state index contributed by atoms with van der Waals surface area (Å²) in [6.45, 7) is 6.69. The first-order valence-electron chi connectivity index (χ1n) is 9.96. The van der Waals surface area contributed by atoms with E-state index in [0.717, 1.165) is 67.0 Å². The lowest BCUT2D eigenvalue weighted by Crippen LogP contribution is -2.39. The summed E-state index contributed by atoms with van der Waals surface area (Å²) in [5, 5.41) is 0.988. The van der Waals surface area contributed by atoms with E-state index in [0.29, 0.717) is 5.92 Å². The van der Waals surface area contributed by atoms with Crippen molar-refractivity contribution in [3.05, 3.63) is 53.8 Å². The molecule has 1 atom stereocenters. The molecule has 1 aromatic carbocycles. The van der Waals surface area contributed by atoms with E-state index in [1.807, 2.05) is 42.3 Å². The maximum absolute atomic E-state index is 13.1. The third-order valence-electron chi connectivity index (χ3n) is 5.46. The number of carbonyl (C=O) groups is 1. The molecule has 0 unspecified atom stereocenters. The number of piperidine rings is 1. The van der Waals surface area contributed by atoms with Gasteiger partial charge >= 0.3 is 0 Å². The number of benzene rings is 1. The molecule has 0 radical (unpaired) electrons. The molecule has 0 aliphatic carbocycles. The lowest BCUT2D eigenvalue weighted by molar-refractivity contribution is 0.0703. The van der Waals surface area contributed by atoms with E-state index in [4.69, 9.17) is 4.42 Å². The normalized spacial score (nSPS) is 17.6. The standard InChI is InChI=1S/C22H27N3O2/c1-3-4-10-24-12-9-23-21(24)18-6-5-11-25(15-18)22(26)17-7-8-20-19(14-17)13-16(2)27-20/h7-9,12-14,18H,3-6,10-11,15H2,1-2H3/t18-/m0/s1. The molecule has 3 heterocycles. The molecular formula is C22H27N3O2. The van der Waals surface area contributed by atoms with Crippen LogP contribution >= 0.6 is 0 Å². The van der Waals surface area contributed by atoms with Gasteiger partial charge in [-0.15, -0.1) is 0 Å². The number of hydrogen-bond acceptors (Lipinski definition) is 3. The van der Waals surface area contributed by atoms with Gasteiger partial charge in [-0.1, -0.05) is 13.3 Å². The van der Waals surface area contributed by atoms with Crippen molar-refractivity contribution in [1.82, 2.24) is 14.5 Å². The van der Waals surface area contributed by atoms with Crippen molar-refractivity contribution >= 4 is 16.9 Å². The molecule has 1 saturated heterocycles. The van der Waals surface area contributed by atoms with Crippen LogP contribution in [0.1, 0.15) is 60.5 Å². The first-order chi connectivity index (χ1) is 13.2. The summed E-state index contributed by atoms with van der Waals surface area (Å²) in [4.78, 5) is 19.7. The minimum atomic E-state index is 0.104. The summed E-state index contributed by atoms with van der Waals surface area (Å²) >= 11 is 0. The number of carbonyl (C=O) groups excluding carboxylic acids is 1. The number of nitrogens with zero attached hydrogens (tertiary/aromatic N) is 3. The van der Waals surface area contributed by atoms with Crippen molar-refractivity contribution in [1.29, 1.82) is 0 Å². The number of aromatic nitrogens is 2. The summed E-state index contributed by atoms with van der Waals surface area (Å²) in [5.41, 5.74) is 1.57. The van der Waals surface area contributed by atoms with Crippen LogP contribution in [-0.2, 0) is 6.54 Å². The SMILES string of the molecule is CCCCn1ccnc1[C@H]1CCCN(C(=O)c2ccc3oc(C)cc3c2)C1. The largest absolute Gasteiger partial charge is 0.461 e. The molecule has 1 amide bonds. The van der Waals surface area contributed by atoms with Crippen LogP contribution < -0.4 is 0 Å². The van der Waals surface area contributed by atoms with Crippen molar-refractivity contribution in [2.75, 3.05) is 13.1 Å². The number of aryl methyl sites for hydroxylation is 2. The maximum atomic E-state index is 13.1. The van der Waals surface area contributed by atoms with E-state index in [-0.39, 0.29) is 5.91 Å². The number of hydrogen-bond donors (Lipinski definition) is 0. The van der Waals surface area contributed by atoms with Gasteiger partial charge in [0, 0.05) is 48.9 Å². The Balaban J connectivity index is 1.51. The summed E-state index contributed by atoms with van der Waals surface area (Å²) in [7, 11) is 0. The molecule has 0 saturated carbocycles. The molecule has 5 nitrogen and oxygen atoms in total. The fourth-order valence-electron chi connectivity index (χ4n) is 4.06. The van der Waals surface area contributed by atoms with E-state index in [9.17, 15) is 4.79 Å². The van der Waals surface area contributed by atoms with Crippen LogP contribution in [0.2, 0.25) is 0 Å². The molecule has 3 aromatic rings. The highest BCUT2D eigenvalue weighted by Crippen LogP contribution is 2.28. The first kappa shape index (κ1) is 17.8. The van der Waals surface area contributed by atoms with Gasteiger partial charge in [0.15, 0.2) is 0 Å². The highest BCUT2D eigenvalue weighted by molar-refractivity contribution is 5.98. The quantitative estimate of drug-likeness (QED) is 0.655. The van der Waals surface area contributed by atoms with Gasteiger partial charge in [0.1, 0.15) is 17.2 Å². The zero-order valence-electron chi connectivity index (χ0n) is 16.1. The van der Waals surface area contributed by atoms with Gasteiger partial charge in [-0.25, -0.2) is 4.98 Å². The molecule has 1 aliphatic heterocycles. The molecule has 2 aromatic heterocycles. The summed E-state index contributed by atoms with van der Waals surface area (Å²) in [6, 6.07) is 7.70. The highest BCUT2D eigenvalue weighted by Gasteiger charge is 2.28. The maximum Gasteiger partial charge on any atom is 0.253 e. The lowest BCUT2D eigenvalue weighted by atomic mass is 9.96. The number of unbranched alkanes of at least 4 members (excludes halogenated alkanes) is 1. The molecular weight excluding hydrogens is 338 g/mol. The van der Waals surface area contributed by atoms with Crippen molar-refractivity contribution < 1.29 is 9.21 Å². The predicted octanol–water partition coefficient (Wildman–Crippen LogP) is 4.76. The van der Waals surface area contributed by atoms with Crippen LogP contribution in [0.3, 0.4) is 0 Å². The fraction of sp³-hybridized carbons (Fsp3) is 0.455.